The maximum absolute atomic E-state index is 10.6. The molecule has 1 aromatic rings. The number of hydrogen-bond donors (Lipinski definition) is 1. The van der Waals surface area contributed by atoms with Crippen molar-refractivity contribution >= 4 is 11.7 Å². The monoisotopic (exact) mass is 248 g/mol. The second-order valence-corrected chi connectivity index (χ2v) is 3.67. The fourth-order valence-electron chi connectivity index (χ4n) is 1.47. The molecule has 0 aliphatic heterocycles. The van der Waals surface area contributed by atoms with Crippen molar-refractivity contribution in [2.24, 2.45) is 0 Å². The SMILES string of the molecule is C#CCN(CC(=O)O)Cc1ccc([N+](=O)[O-])cc1. The van der Waals surface area contributed by atoms with Gasteiger partial charge in [-0.1, -0.05) is 18.1 Å². The van der Waals surface area contributed by atoms with E-state index in [9.17, 15) is 14.9 Å². The van der Waals surface area contributed by atoms with Gasteiger partial charge >= 0.3 is 5.97 Å². The molecule has 0 saturated carbocycles. The van der Waals surface area contributed by atoms with Crippen LogP contribution in [0.5, 0.6) is 0 Å². The summed E-state index contributed by atoms with van der Waals surface area (Å²) in [6.45, 7) is 0.388. The molecule has 0 fully saturated rings. The molecule has 0 atom stereocenters. The molecule has 0 spiro atoms. The standard InChI is InChI=1S/C12H12N2O4/c1-2-7-13(9-12(15)16)8-10-3-5-11(6-4-10)14(17)18/h1,3-6H,7-9H2,(H,15,16). The molecule has 6 nitrogen and oxygen atoms in total. The van der Waals surface area contributed by atoms with Gasteiger partial charge in [0, 0.05) is 18.7 Å². The largest absolute Gasteiger partial charge is 0.480 e. The van der Waals surface area contributed by atoms with E-state index in [1.807, 2.05) is 0 Å². The summed E-state index contributed by atoms with van der Waals surface area (Å²) in [6, 6.07) is 5.93. The Hall–Kier alpha value is -2.39. The van der Waals surface area contributed by atoms with E-state index < -0.39 is 10.9 Å². The molecule has 0 aliphatic rings. The number of terminal acetylenes is 1. The Morgan fingerprint density at radius 2 is 2.06 bits per heavy atom. The van der Waals surface area contributed by atoms with Crippen molar-refractivity contribution < 1.29 is 14.8 Å². The minimum absolute atomic E-state index is 0.000449. The number of carboxylic acid groups (broad SMARTS) is 1. The maximum Gasteiger partial charge on any atom is 0.317 e. The highest BCUT2D eigenvalue weighted by molar-refractivity contribution is 5.69. The number of nitro groups is 1. The minimum atomic E-state index is -0.966. The molecule has 0 amide bonds. The van der Waals surface area contributed by atoms with Gasteiger partial charge in [0.25, 0.3) is 5.69 Å². The van der Waals surface area contributed by atoms with Gasteiger partial charge in [-0.25, -0.2) is 0 Å². The zero-order chi connectivity index (χ0) is 13.5. The average Bonchev–Trinajstić information content (AvgIpc) is 2.29. The molecule has 0 saturated heterocycles. The molecule has 0 unspecified atom stereocenters. The number of non-ortho nitro benzene ring substituents is 1. The molecule has 1 N–H and O–H groups in total. The third-order valence-electron chi connectivity index (χ3n) is 2.23. The average molecular weight is 248 g/mol. The van der Waals surface area contributed by atoms with Crippen molar-refractivity contribution in [2.75, 3.05) is 13.1 Å². The van der Waals surface area contributed by atoms with Gasteiger partial charge in [-0.15, -0.1) is 6.42 Å². The summed E-state index contributed by atoms with van der Waals surface area (Å²) in [7, 11) is 0. The summed E-state index contributed by atoms with van der Waals surface area (Å²) in [5.41, 5.74) is 0.776. The van der Waals surface area contributed by atoms with E-state index in [1.54, 1.807) is 17.0 Å². The van der Waals surface area contributed by atoms with Gasteiger partial charge in [0.05, 0.1) is 18.0 Å². The van der Waals surface area contributed by atoms with Crippen molar-refractivity contribution in [2.45, 2.75) is 6.54 Å². The van der Waals surface area contributed by atoms with Crippen LogP contribution >= 0.6 is 0 Å². The predicted molar refractivity (Wildman–Crippen MR) is 64.8 cm³/mol. The first kappa shape index (κ1) is 13.7. The Balaban J connectivity index is 2.72. The number of nitrogens with zero attached hydrogens (tertiary/aromatic N) is 2. The van der Waals surface area contributed by atoms with Gasteiger partial charge in [-0.3, -0.25) is 19.8 Å². The van der Waals surface area contributed by atoms with E-state index in [1.165, 1.54) is 12.1 Å². The van der Waals surface area contributed by atoms with E-state index in [2.05, 4.69) is 5.92 Å². The first-order valence-corrected chi connectivity index (χ1v) is 5.14. The lowest BCUT2D eigenvalue weighted by Crippen LogP contribution is -2.29. The second kappa shape index (κ2) is 6.37. The van der Waals surface area contributed by atoms with E-state index in [0.717, 1.165) is 5.56 Å². The van der Waals surface area contributed by atoms with Gasteiger partial charge in [-0.2, -0.15) is 0 Å². The summed E-state index contributed by atoms with van der Waals surface area (Å²) in [6.07, 6.45) is 5.15. The Morgan fingerprint density at radius 1 is 1.44 bits per heavy atom. The van der Waals surface area contributed by atoms with Crippen LogP contribution in [0.2, 0.25) is 0 Å². The quantitative estimate of drug-likeness (QED) is 0.463. The van der Waals surface area contributed by atoms with Crippen molar-refractivity contribution in [3.8, 4) is 12.3 Å². The molecule has 18 heavy (non-hydrogen) atoms. The van der Waals surface area contributed by atoms with E-state index in [-0.39, 0.29) is 18.8 Å². The maximum atomic E-state index is 10.6. The van der Waals surface area contributed by atoms with Crippen LogP contribution in [0, 0.1) is 22.5 Å². The van der Waals surface area contributed by atoms with E-state index in [4.69, 9.17) is 11.5 Å². The van der Waals surface area contributed by atoms with Crippen LogP contribution in [-0.2, 0) is 11.3 Å². The molecule has 1 rings (SSSR count). The topological polar surface area (TPSA) is 83.7 Å². The van der Waals surface area contributed by atoms with Crippen LogP contribution in [0.1, 0.15) is 5.56 Å². The third kappa shape index (κ3) is 4.23. The highest BCUT2D eigenvalue weighted by Gasteiger charge is 2.10. The molecule has 0 bridgehead atoms. The lowest BCUT2D eigenvalue weighted by molar-refractivity contribution is -0.384. The molecule has 0 aliphatic carbocycles. The van der Waals surface area contributed by atoms with Crippen LogP contribution < -0.4 is 0 Å². The van der Waals surface area contributed by atoms with Gasteiger partial charge in [0.15, 0.2) is 0 Å². The predicted octanol–water partition coefficient (Wildman–Crippen LogP) is 1.11. The molecular formula is C12H12N2O4. The summed E-state index contributed by atoms with van der Waals surface area (Å²) in [5, 5.41) is 19.2. The van der Waals surface area contributed by atoms with Crippen molar-refractivity contribution in [3.63, 3.8) is 0 Å². The summed E-state index contributed by atoms with van der Waals surface area (Å²) in [4.78, 5) is 22.2. The van der Waals surface area contributed by atoms with E-state index >= 15 is 0 Å². The van der Waals surface area contributed by atoms with Crippen LogP contribution in [0.4, 0.5) is 5.69 Å². The smallest absolute Gasteiger partial charge is 0.317 e. The lowest BCUT2D eigenvalue weighted by atomic mass is 10.2. The normalized spacial score (nSPS) is 10.0. The van der Waals surface area contributed by atoms with Crippen LogP contribution in [-0.4, -0.2) is 34.0 Å². The number of aliphatic carboxylic acids is 1. The Bertz CT molecular complexity index is 476. The van der Waals surface area contributed by atoms with Crippen LogP contribution in [0.15, 0.2) is 24.3 Å². The Labute approximate surface area is 104 Å². The van der Waals surface area contributed by atoms with Gasteiger partial charge < -0.3 is 5.11 Å². The number of carbonyl (C=O) groups is 1. The highest BCUT2D eigenvalue weighted by Crippen LogP contribution is 2.13. The minimum Gasteiger partial charge on any atom is -0.480 e. The van der Waals surface area contributed by atoms with E-state index in [0.29, 0.717) is 6.54 Å². The first-order valence-electron chi connectivity index (χ1n) is 5.14. The number of benzene rings is 1. The first-order chi connectivity index (χ1) is 8.52. The summed E-state index contributed by atoms with van der Waals surface area (Å²) >= 11 is 0. The molecule has 0 heterocycles. The van der Waals surface area contributed by atoms with Crippen molar-refractivity contribution in [1.29, 1.82) is 0 Å². The Morgan fingerprint density at radius 3 is 2.50 bits per heavy atom. The number of carboxylic acids is 1. The zero-order valence-corrected chi connectivity index (χ0v) is 9.57. The van der Waals surface area contributed by atoms with Gasteiger partial charge in [0.2, 0.25) is 0 Å². The highest BCUT2D eigenvalue weighted by atomic mass is 16.6. The van der Waals surface area contributed by atoms with Crippen LogP contribution in [0.3, 0.4) is 0 Å². The summed E-state index contributed by atoms with van der Waals surface area (Å²) in [5.74, 6) is 1.41. The lowest BCUT2D eigenvalue weighted by Gasteiger charge is -2.17. The fourth-order valence-corrected chi connectivity index (χ4v) is 1.47. The number of hydrogen-bond acceptors (Lipinski definition) is 4. The van der Waals surface area contributed by atoms with Crippen molar-refractivity contribution in [3.05, 3.63) is 39.9 Å². The fraction of sp³-hybridized carbons (Fsp3) is 0.250. The number of nitro benzene ring substituents is 1. The molecule has 0 radical (unpaired) electrons. The Kier molecular flexibility index (Phi) is 4.84. The van der Waals surface area contributed by atoms with Gasteiger partial charge in [0.1, 0.15) is 0 Å². The van der Waals surface area contributed by atoms with Gasteiger partial charge in [-0.05, 0) is 5.56 Å². The number of rotatable bonds is 6. The molecule has 1 aromatic carbocycles. The molecule has 94 valence electrons. The molecule has 6 heteroatoms. The third-order valence-corrected chi connectivity index (χ3v) is 2.23. The summed E-state index contributed by atoms with van der Waals surface area (Å²) < 4.78 is 0. The second-order valence-electron chi connectivity index (χ2n) is 3.67. The molecule has 0 aromatic heterocycles. The van der Waals surface area contributed by atoms with Crippen LogP contribution in [0.25, 0.3) is 0 Å². The molecular weight excluding hydrogens is 236 g/mol. The zero-order valence-electron chi connectivity index (χ0n) is 9.57. The van der Waals surface area contributed by atoms with Crippen molar-refractivity contribution in [1.82, 2.24) is 4.90 Å².